The van der Waals surface area contributed by atoms with Gasteiger partial charge in [0.1, 0.15) is 0 Å². The van der Waals surface area contributed by atoms with E-state index in [2.05, 4.69) is 0 Å². The Bertz CT molecular complexity index is 86.6. The van der Waals surface area contributed by atoms with Crippen molar-refractivity contribution < 1.29 is 43.0 Å². The second-order valence-corrected chi connectivity index (χ2v) is 0.575. The molecule has 0 N–H and O–H groups in total. The zero-order chi connectivity index (χ0) is 7.15. The van der Waals surface area contributed by atoms with Crippen LogP contribution in [0.2, 0.25) is 0 Å². The summed E-state index contributed by atoms with van der Waals surface area (Å²) in [6.07, 6.45) is 0. The number of carboxylic acid groups (broad SMARTS) is 2. The first-order valence-electron chi connectivity index (χ1n) is 1.23. The normalized spacial score (nSPS) is 5.88. The van der Waals surface area contributed by atoms with Gasteiger partial charge in [0.2, 0.25) is 0 Å². The summed E-state index contributed by atoms with van der Waals surface area (Å²) >= 11 is 0.700. The molecule has 8 heavy (non-hydrogen) atoms. The molecule has 0 aromatic rings. The predicted molar refractivity (Wildman–Crippen MR) is 10.7 cm³/mol. The van der Waals surface area contributed by atoms with E-state index in [1.54, 1.807) is 0 Å². The zero-order valence-corrected chi connectivity index (χ0v) is 5.46. The predicted octanol–water partition coefficient (Wildman–Crippen LogP) is -3.64. The second kappa shape index (κ2) is 6.43. The van der Waals surface area contributed by atoms with Crippen LogP contribution in [0.5, 0.6) is 0 Å². The number of hydrogen-bond donors (Lipinski definition) is 0. The minimum absolute atomic E-state index is 0.700. The summed E-state index contributed by atoms with van der Waals surface area (Å²) in [5.41, 5.74) is 0. The molecule has 0 unspecified atom stereocenters. The minimum atomic E-state index is -2.19. The van der Waals surface area contributed by atoms with E-state index < -0.39 is 11.9 Å². The fourth-order valence-corrected chi connectivity index (χ4v) is 0. The van der Waals surface area contributed by atoms with Gasteiger partial charge in [0.05, 0.1) is 11.9 Å². The molecule has 5 nitrogen and oxygen atoms in total. The van der Waals surface area contributed by atoms with Crippen LogP contribution >= 0.6 is 0 Å². The van der Waals surface area contributed by atoms with Gasteiger partial charge in [-0.3, -0.25) is 0 Å². The summed E-state index contributed by atoms with van der Waals surface area (Å²) < 4.78 is 8.26. The third-order valence-corrected chi connectivity index (χ3v) is 0.167. The Kier molecular flexibility index (Phi) is 8.37. The van der Waals surface area contributed by atoms with Crippen molar-refractivity contribution in [3.8, 4) is 0 Å². The van der Waals surface area contributed by atoms with E-state index in [0.717, 1.165) is 0 Å². The van der Waals surface area contributed by atoms with Gasteiger partial charge in [-0.2, -0.15) is 0 Å². The number of rotatable bonds is 0. The van der Waals surface area contributed by atoms with Gasteiger partial charge in [-0.05, 0) is 0 Å². The van der Waals surface area contributed by atoms with E-state index in [4.69, 9.17) is 23.2 Å². The Morgan fingerprint density at radius 2 is 1.12 bits per heavy atom. The number of carbonyl (C=O) groups is 2. The number of carbonyl (C=O) groups excluding carboxylic acids is 2. The maximum absolute atomic E-state index is 8.93. The molecule has 0 aliphatic heterocycles. The molecule has 0 radical (unpaired) electrons. The van der Waals surface area contributed by atoms with Gasteiger partial charge < -0.3 is 19.8 Å². The van der Waals surface area contributed by atoms with Gasteiger partial charge in [-0.1, -0.05) is 0 Å². The summed E-state index contributed by atoms with van der Waals surface area (Å²) in [5.74, 6) is -4.37. The third-order valence-electron chi connectivity index (χ3n) is 0.167. The Morgan fingerprint density at radius 3 is 1.12 bits per heavy atom. The monoisotopic (exact) mass is 202 g/mol. The molecule has 0 aliphatic carbocycles. The van der Waals surface area contributed by atoms with Crippen molar-refractivity contribution in [2.75, 3.05) is 0 Å². The molecule has 0 heterocycles. The Hall–Kier alpha value is -0.572. The van der Waals surface area contributed by atoms with Crippen molar-refractivity contribution in [3.63, 3.8) is 0 Å². The first-order valence-corrected chi connectivity index (χ1v) is 2.05. The van der Waals surface area contributed by atoms with Crippen LogP contribution in [-0.4, -0.2) is 11.9 Å². The van der Waals surface area contributed by atoms with Crippen molar-refractivity contribution in [1.29, 1.82) is 0 Å². The van der Waals surface area contributed by atoms with E-state index in [9.17, 15) is 0 Å². The van der Waals surface area contributed by atoms with Crippen molar-refractivity contribution in [2.24, 2.45) is 0 Å². The molecule has 0 spiro atoms. The maximum atomic E-state index is 8.93. The summed E-state index contributed by atoms with van der Waals surface area (Å²) in [7, 11) is 0. The van der Waals surface area contributed by atoms with Crippen LogP contribution in [0.1, 0.15) is 0 Å². The Labute approximate surface area is 55.5 Å². The number of carboxylic acids is 2. The first kappa shape index (κ1) is 10.4. The fourth-order valence-electron chi connectivity index (χ4n) is 0. The SMILES string of the molecule is O=C([O-])C(=O)[O-].[O]=[Mo+2]. The number of aliphatic carboxylic acids is 2. The van der Waals surface area contributed by atoms with Crippen LogP contribution in [0, 0.1) is 0 Å². The zero-order valence-electron chi connectivity index (χ0n) is 3.45. The molecule has 0 aromatic carbocycles. The quantitative estimate of drug-likeness (QED) is 0.296. The van der Waals surface area contributed by atoms with Crippen molar-refractivity contribution in [3.05, 3.63) is 0 Å². The molecule has 0 fully saturated rings. The molecule has 0 bridgehead atoms. The van der Waals surface area contributed by atoms with Gasteiger partial charge in [0.25, 0.3) is 0 Å². The van der Waals surface area contributed by atoms with Crippen molar-refractivity contribution in [2.45, 2.75) is 0 Å². The molecule has 0 aromatic heterocycles. The molecule has 0 aliphatic rings. The van der Waals surface area contributed by atoms with Crippen LogP contribution in [-0.2, 0) is 32.8 Å². The third kappa shape index (κ3) is 9.06. The fraction of sp³-hybridized carbons (Fsp3) is 0. The van der Waals surface area contributed by atoms with E-state index in [-0.39, 0.29) is 0 Å². The number of hydrogen-bond acceptors (Lipinski definition) is 5. The van der Waals surface area contributed by atoms with Crippen LogP contribution < -0.4 is 10.2 Å². The molecule has 0 atom stereocenters. The Morgan fingerprint density at radius 1 is 1.00 bits per heavy atom. The summed E-state index contributed by atoms with van der Waals surface area (Å²) in [6, 6.07) is 0. The average molecular weight is 200 g/mol. The molecule has 0 amide bonds. The molecular weight excluding hydrogens is 200 g/mol. The molecule has 0 saturated carbocycles. The van der Waals surface area contributed by atoms with Crippen LogP contribution in [0.25, 0.3) is 0 Å². The van der Waals surface area contributed by atoms with Gasteiger partial charge in [0.15, 0.2) is 0 Å². The van der Waals surface area contributed by atoms with E-state index >= 15 is 0 Å². The van der Waals surface area contributed by atoms with E-state index in [1.807, 2.05) is 0 Å². The first-order chi connectivity index (χ1) is 3.64. The molecular formula is C2MoO5. The van der Waals surface area contributed by atoms with Gasteiger partial charge in [-0.25, -0.2) is 0 Å². The van der Waals surface area contributed by atoms with Crippen molar-refractivity contribution >= 4 is 11.9 Å². The summed E-state index contributed by atoms with van der Waals surface area (Å²) in [4.78, 5) is 17.9. The molecule has 0 saturated heterocycles. The van der Waals surface area contributed by atoms with Crippen LogP contribution in [0.4, 0.5) is 0 Å². The topological polar surface area (TPSA) is 97.3 Å². The average Bonchev–Trinajstić information content (AvgIpc) is 1.72. The van der Waals surface area contributed by atoms with Crippen LogP contribution in [0.3, 0.4) is 0 Å². The molecule has 44 valence electrons. The summed E-state index contributed by atoms with van der Waals surface area (Å²) in [6.45, 7) is 0. The van der Waals surface area contributed by atoms with Crippen LogP contribution in [0.15, 0.2) is 0 Å². The van der Waals surface area contributed by atoms with Gasteiger partial charge >= 0.3 is 23.2 Å². The van der Waals surface area contributed by atoms with Crippen molar-refractivity contribution in [1.82, 2.24) is 0 Å². The molecule has 0 rings (SSSR count). The van der Waals surface area contributed by atoms with E-state index in [0.29, 0.717) is 19.8 Å². The standard InChI is InChI=1S/C2H2O4.Mo.O/c3-1(4)2(5)6;;/h(H,3,4)(H,5,6);;/q;+2;/p-2. The van der Waals surface area contributed by atoms with E-state index in [1.165, 1.54) is 0 Å². The Balaban J connectivity index is 0. The molecule has 6 heteroatoms. The summed E-state index contributed by atoms with van der Waals surface area (Å²) in [5, 5.41) is 17.9. The van der Waals surface area contributed by atoms with Gasteiger partial charge in [-0.15, -0.1) is 0 Å². The second-order valence-electron chi connectivity index (χ2n) is 0.575. The van der Waals surface area contributed by atoms with Gasteiger partial charge in [0, 0.05) is 0 Å².